The van der Waals surface area contributed by atoms with E-state index in [0.29, 0.717) is 31.1 Å². The van der Waals surface area contributed by atoms with E-state index in [1.165, 1.54) is 6.07 Å². The van der Waals surface area contributed by atoms with Crippen molar-refractivity contribution in [3.8, 4) is 11.5 Å². The third-order valence-corrected chi connectivity index (χ3v) is 6.16. The molecule has 4 aromatic rings. The molecule has 0 fully saturated rings. The van der Waals surface area contributed by atoms with Crippen molar-refractivity contribution in [3.05, 3.63) is 113 Å². The number of aliphatic carboxylic acids is 1. The summed E-state index contributed by atoms with van der Waals surface area (Å²) >= 11 is 0. The maximum Gasteiger partial charge on any atom is 2.00 e. The molecule has 0 bridgehead atoms. The van der Waals surface area contributed by atoms with E-state index < -0.39 is 11.8 Å². The molecule has 0 unspecified atom stereocenters. The SMILES string of the molecule is CC(C)(C)c1cc(COc2ccccc2)n(Cc2ccc(COc3ccc(CCC(=O)O)c(F)c3)cc2)n1.[Ca+2].[H-].[H-]. The Hall–Kier alpha value is -2.87. The van der Waals surface area contributed by atoms with Gasteiger partial charge in [0.05, 0.1) is 17.9 Å². The molecule has 0 saturated heterocycles. The second kappa shape index (κ2) is 14.0. The van der Waals surface area contributed by atoms with E-state index in [-0.39, 0.29) is 58.8 Å². The Kier molecular flexibility index (Phi) is 11.0. The number of nitrogens with zero attached hydrogens (tertiary/aromatic N) is 2. The molecule has 6 nitrogen and oxygen atoms in total. The van der Waals surface area contributed by atoms with Crippen LogP contribution in [-0.2, 0) is 36.4 Å². The van der Waals surface area contributed by atoms with Gasteiger partial charge in [0.25, 0.3) is 0 Å². The number of ether oxygens (including phenoxy) is 2. The van der Waals surface area contributed by atoms with Crippen LogP contribution in [0.5, 0.6) is 11.5 Å². The van der Waals surface area contributed by atoms with E-state index in [0.717, 1.165) is 28.3 Å². The zero-order valence-corrected chi connectivity index (χ0v) is 24.9. The summed E-state index contributed by atoms with van der Waals surface area (Å²) in [5.74, 6) is -0.191. The van der Waals surface area contributed by atoms with E-state index in [1.807, 2.05) is 59.3 Å². The molecule has 1 aromatic heterocycles. The van der Waals surface area contributed by atoms with Crippen LogP contribution in [-0.4, -0.2) is 58.6 Å². The fourth-order valence-corrected chi connectivity index (χ4v) is 3.89. The summed E-state index contributed by atoms with van der Waals surface area (Å²) in [6.07, 6.45) is 0.0393. The summed E-state index contributed by atoms with van der Waals surface area (Å²) in [5, 5.41) is 13.7. The number of carboxylic acids is 1. The summed E-state index contributed by atoms with van der Waals surface area (Å²) in [6, 6.07) is 24.4. The van der Waals surface area contributed by atoms with Crippen molar-refractivity contribution in [2.24, 2.45) is 0 Å². The number of aromatic nitrogens is 2. The van der Waals surface area contributed by atoms with Crippen molar-refractivity contribution in [2.45, 2.75) is 58.8 Å². The van der Waals surface area contributed by atoms with Gasteiger partial charge in [-0.05, 0) is 47.4 Å². The predicted molar refractivity (Wildman–Crippen MR) is 152 cm³/mol. The van der Waals surface area contributed by atoms with Gasteiger partial charge in [0.1, 0.15) is 30.5 Å². The summed E-state index contributed by atoms with van der Waals surface area (Å²) in [7, 11) is 0. The second-order valence-electron chi connectivity index (χ2n) is 10.3. The Morgan fingerprint density at radius 3 is 2.23 bits per heavy atom. The van der Waals surface area contributed by atoms with Crippen LogP contribution in [0.3, 0.4) is 0 Å². The number of carbonyl (C=O) groups is 1. The smallest absolute Gasteiger partial charge is 1.00 e. The van der Waals surface area contributed by atoms with Crippen molar-refractivity contribution in [2.75, 3.05) is 0 Å². The molecule has 0 aliphatic heterocycles. The number of aryl methyl sites for hydroxylation is 1. The minimum Gasteiger partial charge on any atom is -1.00 e. The average Bonchev–Trinajstić information content (AvgIpc) is 3.30. The van der Waals surface area contributed by atoms with Crippen molar-refractivity contribution >= 4 is 43.7 Å². The van der Waals surface area contributed by atoms with Gasteiger partial charge in [-0.3, -0.25) is 9.48 Å². The fourth-order valence-electron chi connectivity index (χ4n) is 3.89. The number of para-hydroxylation sites is 1. The minimum atomic E-state index is -0.952. The molecular weight excluding hydrogens is 523 g/mol. The molecule has 0 saturated carbocycles. The summed E-state index contributed by atoms with van der Waals surface area (Å²) in [6.45, 7) is 7.75. The van der Waals surface area contributed by atoms with E-state index in [4.69, 9.17) is 19.7 Å². The normalized spacial score (nSPS) is 11.1. The molecule has 1 N–H and O–H groups in total. The monoisotopic (exact) mass is 558 g/mol. The van der Waals surface area contributed by atoms with Crippen molar-refractivity contribution < 1.29 is 26.6 Å². The Morgan fingerprint density at radius 1 is 0.923 bits per heavy atom. The van der Waals surface area contributed by atoms with Crippen molar-refractivity contribution in [1.82, 2.24) is 9.78 Å². The molecular formula is C31H35CaFN2O4. The van der Waals surface area contributed by atoms with Crippen LogP contribution in [0.25, 0.3) is 0 Å². The standard InChI is InChI=1S/C31H33FN2O4.Ca.2H/c1-31(2,3)29-17-25(21-38-26-7-5-4-6-8-26)34(33-29)19-22-9-11-23(12-10-22)20-37-27-15-13-24(28(32)18-27)14-16-30(35)36;;;/h4-13,15,17-18H,14,16,19-21H2,1-3H3,(H,35,36);;;/q;+2;2*-1. The maximum absolute atomic E-state index is 14.3. The van der Waals surface area contributed by atoms with E-state index >= 15 is 0 Å². The Balaban J connectivity index is 0.00000280. The zero-order chi connectivity index (χ0) is 27.1. The molecule has 0 amide bonds. The fraction of sp³-hybridized carbons (Fsp3) is 0.290. The number of rotatable bonds is 11. The molecule has 0 radical (unpaired) electrons. The molecule has 202 valence electrons. The van der Waals surface area contributed by atoms with Gasteiger partial charge in [-0.15, -0.1) is 0 Å². The summed E-state index contributed by atoms with van der Waals surface area (Å²) in [4.78, 5) is 10.7. The zero-order valence-electron chi connectivity index (χ0n) is 24.7. The maximum atomic E-state index is 14.3. The minimum absolute atomic E-state index is 0. The predicted octanol–water partition coefficient (Wildman–Crippen LogP) is 6.39. The van der Waals surface area contributed by atoms with E-state index in [1.54, 1.807) is 12.1 Å². The Bertz CT molecular complexity index is 1380. The molecule has 3 aromatic carbocycles. The molecule has 0 atom stereocenters. The molecule has 39 heavy (non-hydrogen) atoms. The first kappa shape index (κ1) is 30.7. The largest absolute Gasteiger partial charge is 2.00 e. The van der Waals surface area contributed by atoms with E-state index in [2.05, 4.69) is 26.8 Å². The van der Waals surface area contributed by atoms with Gasteiger partial charge in [0.2, 0.25) is 0 Å². The number of halogens is 1. The van der Waals surface area contributed by atoms with Gasteiger partial charge in [-0.1, -0.05) is 69.3 Å². The number of carboxylic acid groups (broad SMARTS) is 1. The van der Waals surface area contributed by atoms with E-state index in [9.17, 15) is 9.18 Å². The first-order valence-corrected chi connectivity index (χ1v) is 12.6. The molecule has 0 aliphatic carbocycles. The van der Waals surface area contributed by atoms with Crippen LogP contribution >= 0.6 is 0 Å². The Labute approximate surface area is 261 Å². The molecule has 0 spiro atoms. The molecule has 8 heteroatoms. The topological polar surface area (TPSA) is 73.6 Å². The van der Waals surface area contributed by atoms with Crippen LogP contribution < -0.4 is 9.47 Å². The quantitative estimate of drug-likeness (QED) is 0.216. The summed E-state index contributed by atoms with van der Waals surface area (Å²) < 4.78 is 28.0. The van der Waals surface area contributed by atoms with Gasteiger partial charge in [-0.25, -0.2) is 4.39 Å². The third-order valence-electron chi connectivity index (χ3n) is 6.16. The van der Waals surface area contributed by atoms with Crippen LogP contribution in [0.2, 0.25) is 0 Å². The second-order valence-corrected chi connectivity index (χ2v) is 10.3. The number of hydrogen-bond acceptors (Lipinski definition) is 4. The first-order valence-electron chi connectivity index (χ1n) is 12.6. The van der Waals surface area contributed by atoms with Gasteiger partial charge in [0, 0.05) is 17.9 Å². The van der Waals surface area contributed by atoms with Gasteiger partial charge >= 0.3 is 43.7 Å². The number of hydrogen-bond donors (Lipinski definition) is 1. The van der Waals surface area contributed by atoms with Crippen LogP contribution in [0.1, 0.15) is 58.1 Å². The van der Waals surface area contributed by atoms with Crippen molar-refractivity contribution in [3.63, 3.8) is 0 Å². The molecule has 4 rings (SSSR count). The van der Waals surface area contributed by atoms with Crippen LogP contribution in [0.4, 0.5) is 4.39 Å². The first-order chi connectivity index (χ1) is 18.2. The Morgan fingerprint density at radius 2 is 1.59 bits per heavy atom. The average molecular weight is 559 g/mol. The van der Waals surface area contributed by atoms with Gasteiger partial charge < -0.3 is 17.4 Å². The van der Waals surface area contributed by atoms with Gasteiger partial charge in [0.15, 0.2) is 0 Å². The number of benzene rings is 3. The molecule has 0 aliphatic rings. The third kappa shape index (κ3) is 9.09. The van der Waals surface area contributed by atoms with Crippen LogP contribution in [0.15, 0.2) is 78.9 Å². The summed E-state index contributed by atoms with van der Waals surface area (Å²) in [5.41, 5.74) is 4.34. The molecule has 1 heterocycles. The van der Waals surface area contributed by atoms with Crippen LogP contribution in [0, 0.1) is 5.82 Å². The van der Waals surface area contributed by atoms with Crippen molar-refractivity contribution in [1.29, 1.82) is 0 Å². The van der Waals surface area contributed by atoms with Gasteiger partial charge in [-0.2, -0.15) is 5.10 Å².